The molecule has 1 saturated heterocycles. The summed E-state index contributed by atoms with van der Waals surface area (Å²) in [5.41, 5.74) is 4.60. The van der Waals surface area contributed by atoms with E-state index in [9.17, 15) is 14.4 Å². The van der Waals surface area contributed by atoms with Gasteiger partial charge in [-0.25, -0.2) is 4.79 Å². The average Bonchev–Trinajstić information content (AvgIpc) is 3.14. The molecular formula is C26H30N2O5. The number of hydrogen-bond donors (Lipinski definition) is 2. The van der Waals surface area contributed by atoms with Crippen LogP contribution in [0.4, 0.5) is 4.79 Å². The number of carboxylic acids is 1. The van der Waals surface area contributed by atoms with Crippen molar-refractivity contribution < 1.29 is 24.2 Å². The van der Waals surface area contributed by atoms with Crippen LogP contribution >= 0.6 is 0 Å². The summed E-state index contributed by atoms with van der Waals surface area (Å²) in [5.74, 6) is -0.850. The quantitative estimate of drug-likeness (QED) is 0.668. The Kier molecular flexibility index (Phi) is 6.96. The largest absolute Gasteiger partial charge is 0.481 e. The van der Waals surface area contributed by atoms with E-state index in [1.807, 2.05) is 31.2 Å². The van der Waals surface area contributed by atoms with E-state index in [0.717, 1.165) is 35.1 Å². The Hall–Kier alpha value is -3.35. The molecule has 0 saturated carbocycles. The summed E-state index contributed by atoms with van der Waals surface area (Å²) in [6, 6.07) is 16.3. The molecule has 174 valence electrons. The van der Waals surface area contributed by atoms with Gasteiger partial charge in [-0.3, -0.25) is 9.59 Å². The van der Waals surface area contributed by atoms with Crippen LogP contribution < -0.4 is 5.32 Å². The van der Waals surface area contributed by atoms with Gasteiger partial charge < -0.3 is 20.1 Å². The molecule has 1 heterocycles. The van der Waals surface area contributed by atoms with Gasteiger partial charge in [0.1, 0.15) is 13.2 Å². The first kappa shape index (κ1) is 22.8. The predicted molar refractivity (Wildman–Crippen MR) is 124 cm³/mol. The SMILES string of the molecule is CC(CC(=O)O)C1CCCN(C(=O)CNC(=O)OCC2c3ccccc3-c3ccccc32)C1. The van der Waals surface area contributed by atoms with E-state index in [-0.39, 0.29) is 43.2 Å². The molecule has 33 heavy (non-hydrogen) atoms. The molecule has 2 N–H and O–H groups in total. The molecule has 7 heteroatoms. The Labute approximate surface area is 193 Å². The van der Waals surface area contributed by atoms with E-state index in [1.54, 1.807) is 4.90 Å². The molecule has 2 unspecified atom stereocenters. The molecule has 1 aliphatic heterocycles. The standard InChI is InChI=1S/C26H30N2O5/c1-17(13-25(30)31)18-7-6-12-28(15-18)24(29)14-27-26(32)33-16-23-21-10-4-2-8-19(21)20-9-3-5-11-22(20)23/h2-5,8-11,17-18,23H,6-7,12-16H2,1H3,(H,27,32)(H,30,31). The lowest BCUT2D eigenvalue weighted by atomic mass is 9.84. The number of piperidine rings is 1. The zero-order valence-corrected chi connectivity index (χ0v) is 18.8. The van der Waals surface area contributed by atoms with Crippen molar-refractivity contribution in [3.8, 4) is 11.1 Å². The van der Waals surface area contributed by atoms with Crippen molar-refractivity contribution in [3.63, 3.8) is 0 Å². The summed E-state index contributed by atoms with van der Waals surface area (Å²) < 4.78 is 5.49. The highest BCUT2D eigenvalue weighted by atomic mass is 16.5. The van der Waals surface area contributed by atoms with Crippen molar-refractivity contribution in [1.82, 2.24) is 10.2 Å². The summed E-state index contributed by atoms with van der Waals surface area (Å²) >= 11 is 0. The van der Waals surface area contributed by atoms with Crippen LogP contribution in [0.15, 0.2) is 48.5 Å². The number of nitrogens with one attached hydrogen (secondary N) is 1. The number of carboxylic acid groups (broad SMARTS) is 1. The molecule has 2 aliphatic rings. The van der Waals surface area contributed by atoms with E-state index in [4.69, 9.17) is 9.84 Å². The summed E-state index contributed by atoms with van der Waals surface area (Å²) in [6.07, 6.45) is 1.24. The van der Waals surface area contributed by atoms with Crippen molar-refractivity contribution in [2.75, 3.05) is 26.2 Å². The molecule has 0 bridgehead atoms. The molecule has 2 amide bonds. The van der Waals surface area contributed by atoms with E-state index in [1.165, 1.54) is 0 Å². The van der Waals surface area contributed by atoms with Gasteiger partial charge in [-0.2, -0.15) is 0 Å². The molecule has 4 rings (SSSR count). The fourth-order valence-electron chi connectivity index (χ4n) is 5.05. The normalized spacial score (nSPS) is 18.2. The second kappa shape index (κ2) is 10.1. The third-order valence-corrected chi connectivity index (χ3v) is 6.84. The molecule has 1 fully saturated rings. The van der Waals surface area contributed by atoms with Crippen LogP contribution in [0.25, 0.3) is 11.1 Å². The summed E-state index contributed by atoms with van der Waals surface area (Å²) in [4.78, 5) is 37.7. The third-order valence-electron chi connectivity index (χ3n) is 6.84. The predicted octanol–water partition coefficient (Wildman–Crippen LogP) is 3.87. The highest BCUT2D eigenvalue weighted by Crippen LogP contribution is 2.44. The minimum Gasteiger partial charge on any atom is -0.481 e. The molecular weight excluding hydrogens is 420 g/mol. The number of carbonyl (C=O) groups excluding carboxylic acids is 2. The van der Waals surface area contributed by atoms with Gasteiger partial charge in [0.2, 0.25) is 5.91 Å². The fraction of sp³-hybridized carbons (Fsp3) is 0.423. The zero-order valence-electron chi connectivity index (χ0n) is 18.8. The molecule has 1 aliphatic carbocycles. The van der Waals surface area contributed by atoms with E-state index in [0.29, 0.717) is 13.1 Å². The Bertz CT molecular complexity index is 991. The van der Waals surface area contributed by atoms with E-state index >= 15 is 0 Å². The van der Waals surface area contributed by atoms with Crippen molar-refractivity contribution in [3.05, 3.63) is 59.7 Å². The van der Waals surface area contributed by atoms with Crippen LogP contribution in [-0.2, 0) is 14.3 Å². The van der Waals surface area contributed by atoms with E-state index in [2.05, 4.69) is 29.6 Å². The third kappa shape index (κ3) is 5.18. The summed E-state index contributed by atoms with van der Waals surface area (Å²) in [7, 11) is 0. The molecule has 0 aromatic heterocycles. The van der Waals surface area contributed by atoms with Gasteiger partial charge in [0, 0.05) is 25.4 Å². The maximum Gasteiger partial charge on any atom is 0.407 e. The first-order valence-electron chi connectivity index (χ1n) is 11.5. The number of fused-ring (bicyclic) bond motifs is 3. The van der Waals surface area contributed by atoms with E-state index < -0.39 is 12.1 Å². The summed E-state index contributed by atoms with van der Waals surface area (Å²) in [6.45, 7) is 3.14. The van der Waals surface area contributed by atoms with Crippen LogP contribution in [0.1, 0.15) is 43.2 Å². The van der Waals surface area contributed by atoms with Crippen LogP contribution in [-0.4, -0.2) is 54.2 Å². The van der Waals surface area contributed by atoms with Gasteiger partial charge in [-0.15, -0.1) is 0 Å². The lowest BCUT2D eigenvalue weighted by molar-refractivity contribution is -0.138. The average molecular weight is 451 g/mol. The van der Waals surface area contributed by atoms with Gasteiger partial charge >= 0.3 is 12.1 Å². The van der Waals surface area contributed by atoms with Crippen molar-refractivity contribution in [2.45, 2.75) is 32.1 Å². The molecule has 2 aromatic rings. The van der Waals surface area contributed by atoms with Crippen LogP contribution in [0.3, 0.4) is 0 Å². The number of amides is 2. The lowest BCUT2D eigenvalue weighted by Gasteiger charge is -2.35. The fourth-order valence-corrected chi connectivity index (χ4v) is 5.05. The number of nitrogens with zero attached hydrogens (tertiary/aromatic N) is 1. The number of alkyl carbamates (subject to hydrolysis) is 1. The topological polar surface area (TPSA) is 95.9 Å². The number of benzene rings is 2. The molecule has 0 spiro atoms. The van der Waals surface area contributed by atoms with Gasteiger partial charge in [0.15, 0.2) is 0 Å². The van der Waals surface area contributed by atoms with Gasteiger partial charge in [-0.1, -0.05) is 55.5 Å². The highest BCUT2D eigenvalue weighted by molar-refractivity contribution is 5.82. The Morgan fingerprint density at radius 3 is 2.36 bits per heavy atom. The molecule has 7 nitrogen and oxygen atoms in total. The van der Waals surface area contributed by atoms with Gasteiger partial charge in [0.25, 0.3) is 0 Å². The summed E-state index contributed by atoms with van der Waals surface area (Å²) in [5, 5.41) is 11.6. The second-order valence-electron chi connectivity index (χ2n) is 9.00. The minimum atomic E-state index is -0.817. The minimum absolute atomic E-state index is 0.00758. The number of ether oxygens (including phenoxy) is 1. The first-order chi connectivity index (χ1) is 15.9. The Balaban J connectivity index is 1.28. The number of rotatable bonds is 7. The zero-order chi connectivity index (χ0) is 23.4. The Morgan fingerprint density at radius 1 is 1.09 bits per heavy atom. The molecule has 0 radical (unpaired) electrons. The monoisotopic (exact) mass is 450 g/mol. The van der Waals surface area contributed by atoms with Crippen LogP contribution in [0.5, 0.6) is 0 Å². The van der Waals surface area contributed by atoms with Gasteiger partial charge in [0.05, 0.1) is 0 Å². The second-order valence-corrected chi connectivity index (χ2v) is 9.00. The lowest BCUT2D eigenvalue weighted by Crippen LogP contribution is -2.46. The number of likely N-dealkylation sites (tertiary alicyclic amines) is 1. The number of hydrogen-bond acceptors (Lipinski definition) is 4. The maximum absolute atomic E-state index is 12.6. The number of aliphatic carboxylic acids is 1. The molecule has 2 aromatic carbocycles. The maximum atomic E-state index is 12.6. The highest BCUT2D eigenvalue weighted by Gasteiger charge is 2.30. The van der Waals surface area contributed by atoms with Crippen molar-refractivity contribution >= 4 is 18.0 Å². The van der Waals surface area contributed by atoms with Crippen LogP contribution in [0.2, 0.25) is 0 Å². The van der Waals surface area contributed by atoms with Crippen molar-refractivity contribution in [1.29, 1.82) is 0 Å². The Morgan fingerprint density at radius 2 is 1.73 bits per heavy atom. The molecule has 2 atom stereocenters. The van der Waals surface area contributed by atoms with Crippen LogP contribution in [0, 0.1) is 11.8 Å². The van der Waals surface area contributed by atoms with Crippen molar-refractivity contribution in [2.24, 2.45) is 11.8 Å². The van der Waals surface area contributed by atoms with Gasteiger partial charge in [-0.05, 0) is 46.9 Å². The smallest absolute Gasteiger partial charge is 0.407 e. The first-order valence-corrected chi connectivity index (χ1v) is 11.5. The number of carbonyl (C=O) groups is 3.